The van der Waals surface area contributed by atoms with E-state index in [0.717, 1.165) is 27.5 Å². The molecule has 3 N–H and O–H groups in total. The lowest BCUT2D eigenvalue weighted by Gasteiger charge is -2.11. The van der Waals surface area contributed by atoms with Gasteiger partial charge in [-0.05, 0) is 30.2 Å². The molecule has 2 nitrogen and oxygen atoms in total. The molecule has 0 aromatic heterocycles. The first-order valence-electron chi connectivity index (χ1n) is 6.24. The minimum absolute atomic E-state index is 0.291. The fraction of sp³-hybridized carbons (Fsp3) is 0.0588. The van der Waals surface area contributed by atoms with E-state index in [1.807, 2.05) is 61.5 Å². The molecule has 0 bridgehead atoms. The summed E-state index contributed by atoms with van der Waals surface area (Å²) in [6.45, 7) is 2.04. The SMILES string of the molecule is Cc1ccccc1-c1ccc2c(N)cccc2c1O. The van der Waals surface area contributed by atoms with Crippen molar-refractivity contribution >= 4 is 16.5 Å². The maximum Gasteiger partial charge on any atom is 0.131 e. The lowest BCUT2D eigenvalue weighted by Crippen LogP contribution is -1.89. The summed E-state index contributed by atoms with van der Waals surface area (Å²) in [5.41, 5.74) is 9.65. The van der Waals surface area contributed by atoms with E-state index in [1.54, 1.807) is 0 Å². The Balaban J connectivity index is 2.33. The number of hydrogen-bond acceptors (Lipinski definition) is 2. The minimum atomic E-state index is 0.291. The fourth-order valence-electron chi connectivity index (χ4n) is 2.46. The van der Waals surface area contributed by atoms with Crippen molar-refractivity contribution < 1.29 is 5.11 Å². The molecule has 0 fully saturated rings. The van der Waals surface area contributed by atoms with Gasteiger partial charge in [0.15, 0.2) is 0 Å². The van der Waals surface area contributed by atoms with Crippen LogP contribution in [0, 0.1) is 6.92 Å². The molecule has 94 valence electrons. The van der Waals surface area contributed by atoms with Crippen LogP contribution in [0.1, 0.15) is 5.56 Å². The molecular formula is C17H15NO. The maximum absolute atomic E-state index is 10.5. The van der Waals surface area contributed by atoms with E-state index in [-0.39, 0.29) is 0 Å². The number of nitrogens with two attached hydrogens (primary N) is 1. The minimum Gasteiger partial charge on any atom is -0.507 e. The Bertz CT molecular complexity index is 762. The first-order valence-corrected chi connectivity index (χ1v) is 6.24. The first-order chi connectivity index (χ1) is 9.18. The van der Waals surface area contributed by atoms with Crippen LogP contribution in [-0.4, -0.2) is 5.11 Å². The lowest BCUT2D eigenvalue weighted by atomic mass is 9.96. The number of phenols is 1. The molecule has 0 unspecified atom stereocenters. The second-order valence-corrected chi connectivity index (χ2v) is 4.72. The highest BCUT2D eigenvalue weighted by Gasteiger charge is 2.10. The monoisotopic (exact) mass is 249 g/mol. The van der Waals surface area contributed by atoms with Gasteiger partial charge in [0.25, 0.3) is 0 Å². The molecule has 0 saturated heterocycles. The first kappa shape index (κ1) is 11.6. The van der Waals surface area contributed by atoms with Gasteiger partial charge in [0.2, 0.25) is 0 Å². The van der Waals surface area contributed by atoms with E-state index >= 15 is 0 Å². The maximum atomic E-state index is 10.5. The average Bonchev–Trinajstić information content (AvgIpc) is 2.41. The van der Waals surface area contributed by atoms with Gasteiger partial charge < -0.3 is 10.8 Å². The standard InChI is InChI=1S/C17H15NO/c1-11-5-2-3-6-12(11)15-10-9-13-14(17(15)19)7-4-8-16(13)18/h2-10,19H,18H2,1H3. The highest BCUT2D eigenvalue weighted by Crippen LogP contribution is 2.38. The molecule has 0 amide bonds. The van der Waals surface area contributed by atoms with Crippen LogP contribution < -0.4 is 5.73 Å². The lowest BCUT2D eigenvalue weighted by molar-refractivity contribution is 0.483. The van der Waals surface area contributed by atoms with Crippen LogP contribution in [0.4, 0.5) is 5.69 Å². The van der Waals surface area contributed by atoms with Crippen LogP contribution in [0.3, 0.4) is 0 Å². The Morgan fingerprint density at radius 1 is 0.789 bits per heavy atom. The van der Waals surface area contributed by atoms with E-state index < -0.39 is 0 Å². The van der Waals surface area contributed by atoms with Crippen molar-refractivity contribution in [3.05, 3.63) is 60.2 Å². The second kappa shape index (κ2) is 4.32. The molecule has 3 aromatic carbocycles. The summed E-state index contributed by atoms with van der Waals surface area (Å²) >= 11 is 0. The molecule has 0 spiro atoms. The predicted octanol–water partition coefficient (Wildman–Crippen LogP) is 4.10. The quantitative estimate of drug-likeness (QED) is 0.638. The smallest absolute Gasteiger partial charge is 0.131 e. The third-order valence-electron chi connectivity index (χ3n) is 3.50. The van der Waals surface area contributed by atoms with E-state index in [1.165, 1.54) is 0 Å². The van der Waals surface area contributed by atoms with E-state index in [4.69, 9.17) is 5.73 Å². The zero-order valence-electron chi connectivity index (χ0n) is 10.7. The number of phenolic OH excluding ortho intramolecular Hbond substituents is 1. The molecule has 0 aliphatic rings. The van der Waals surface area contributed by atoms with Gasteiger partial charge in [-0.25, -0.2) is 0 Å². The molecular weight excluding hydrogens is 234 g/mol. The van der Waals surface area contributed by atoms with Crippen molar-refractivity contribution in [1.29, 1.82) is 0 Å². The predicted molar refractivity (Wildman–Crippen MR) is 80.2 cm³/mol. The van der Waals surface area contributed by atoms with Crippen LogP contribution >= 0.6 is 0 Å². The number of anilines is 1. The van der Waals surface area contributed by atoms with Crippen LogP contribution in [-0.2, 0) is 0 Å². The molecule has 0 aliphatic heterocycles. The Labute approximate surface area is 112 Å². The summed E-state index contributed by atoms with van der Waals surface area (Å²) in [7, 11) is 0. The van der Waals surface area contributed by atoms with E-state index in [9.17, 15) is 5.11 Å². The van der Waals surface area contributed by atoms with Gasteiger partial charge in [-0.2, -0.15) is 0 Å². The van der Waals surface area contributed by atoms with Crippen molar-refractivity contribution in [2.24, 2.45) is 0 Å². The molecule has 2 heteroatoms. The van der Waals surface area contributed by atoms with Crippen molar-refractivity contribution in [2.75, 3.05) is 5.73 Å². The summed E-state index contributed by atoms with van der Waals surface area (Å²) in [5, 5.41) is 12.2. The molecule has 0 atom stereocenters. The summed E-state index contributed by atoms with van der Waals surface area (Å²) in [5.74, 6) is 0.291. The van der Waals surface area contributed by atoms with Gasteiger partial charge in [-0.1, -0.05) is 42.5 Å². The van der Waals surface area contributed by atoms with Crippen molar-refractivity contribution in [3.8, 4) is 16.9 Å². The van der Waals surface area contributed by atoms with Gasteiger partial charge in [-0.3, -0.25) is 0 Å². The van der Waals surface area contributed by atoms with Gasteiger partial charge >= 0.3 is 0 Å². The van der Waals surface area contributed by atoms with Crippen molar-refractivity contribution in [1.82, 2.24) is 0 Å². The molecule has 0 radical (unpaired) electrons. The number of rotatable bonds is 1. The van der Waals surface area contributed by atoms with Crippen LogP contribution in [0.2, 0.25) is 0 Å². The summed E-state index contributed by atoms with van der Waals surface area (Å²) in [6, 6.07) is 17.5. The average molecular weight is 249 g/mol. The number of aromatic hydroxyl groups is 1. The zero-order chi connectivity index (χ0) is 13.4. The van der Waals surface area contributed by atoms with Gasteiger partial charge in [0, 0.05) is 22.0 Å². The Morgan fingerprint density at radius 2 is 1.58 bits per heavy atom. The van der Waals surface area contributed by atoms with Crippen molar-refractivity contribution in [3.63, 3.8) is 0 Å². The largest absolute Gasteiger partial charge is 0.507 e. The summed E-state index contributed by atoms with van der Waals surface area (Å²) < 4.78 is 0. The Morgan fingerprint density at radius 3 is 2.37 bits per heavy atom. The van der Waals surface area contributed by atoms with Gasteiger partial charge in [0.05, 0.1) is 0 Å². The highest BCUT2D eigenvalue weighted by molar-refractivity contribution is 6.01. The van der Waals surface area contributed by atoms with Crippen LogP contribution in [0.5, 0.6) is 5.75 Å². The molecule has 3 aromatic rings. The van der Waals surface area contributed by atoms with Gasteiger partial charge in [0.1, 0.15) is 5.75 Å². The summed E-state index contributed by atoms with van der Waals surface area (Å²) in [4.78, 5) is 0. The molecule has 3 rings (SSSR count). The third-order valence-corrected chi connectivity index (χ3v) is 3.50. The molecule has 0 heterocycles. The molecule has 0 saturated carbocycles. The zero-order valence-corrected chi connectivity index (χ0v) is 10.7. The van der Waals surface area contributed by atoms with Crippen molar-refractivity contribution in [2.45, 2.75) is 6.92 Å². The summed E-state index contributed by atoms with van der Waals surface area (Å²) in [6.07, 6.45) is 0. The van der Waals surface area contributed by atoms with E-state index in [0.29, 0.717) is 11.4 Å². The Hall–Kier alpha value is -2.48. The van der Waals surface area contributed by atoms with E-state index in [2.05, 4.69) is 0 Å². The molecule has 0 aliphatic carbocycles. The van der Waals surface area contributed by atoms with Gasteiger partial charge in [-0.15, -0.1) is 0 Å². The topological polar surface area (TPSA) is 46.2 Å². The molecule has 19 heavy (non-hydrogen) atoms. The van der Waals surface area contributed by atoms with Crippen LogP contribution in [0.15, 0.2) is 54.6 Å². The fourth-order valence-corrected chi connectivity index (χ4v) is 2.46. The highest BCUT2D eigenvalue weighted by atomic mass is 16.3. The number of nitrogen functional groups attached to an aromatic ring is 1. The number of benzene rings is 3. The second-order valence-electron chi connectivity index (χ2n) is 4.72. The number of hydrogen-bond donors (Lipinski definition) is 2. The number of fused-ring (bicyclic) bond motifs is 1. The third kappa shape index (κ3) is 1.82. The van der Waals surface area contributed by atoms with Crippen LogP contribution in [0.25, 0.3) is 21.9 Å². The number of aryl methyl sites for hydroxylation is 1. The normalized spacial score (nSPS) is 10.8. The Kier molecular flexibility index (Phi) is 2.64.